The second-order valence-electron chi connectivity index (χ2n) is 3.68. The van der Waals surface area contributed by atoms with Crippen LogP contribution >= 0.6 is 15.9 Å². The zero-order valence-electron chi connectivity index (χ0n) is 9.17. The molecule has 2 rings (SSSR count). The number of aryl methyl sites for hydroxylation is 1. The molecule has 3 N–H and O–H groups in total. The molecule has 0 unspecified atom stereocenters. The summed E-state index contributed by atoms with van der Waals surface area (Å²) >= 11 is 3.15. The third kappa shape index (κ3) is 2.74. The van der Waals surface area contributed by atoms with Crippen LogP contribution in [0.4, 0.5) is 21.6 Å². The van der Waals surface area contributed by atoms with Gasteiger partial charge in [0, 0.05) is 23.6 Å². The number of nitrogens with one attached hydrogen (secondary N) is 1. The molecule has 0 radical (unpaired) electrons. The average molecular weight is 296 g/mol. The topological polar surface area (TPSA) is 50.9 Å². The molecule has 1 aromatic heterocycles. The molecule has 2 aromatic rings. The lowest BCUT2D eigenvalue weighted by molar-refractivity contribution is 0.620. The summed E-state index contributed by atoms with van der Waals surface area (Å²) in [7, 11) is 0. The summed E-state index contributed by atoms with van der Waals surface area (Å²) in [6.45, 7) is 1.82. The molecule has 1 heterocycles. The van der Waals surface area contributed by atoms with Gasteiger partial charge in [0.15, 0.2) is 0 Å². The molecule has 3 nitrogen and oxygen atoms in total. The summed E-state index contributed by atoms with van der Waals surface area (Å²) in [4.78, 5) is 4.13. The maximum atomic E-state index is 13.3. The minimum absolute atomic E-state index is 0.284. The SMILES string of the molecule is Cc1cc(F)c(Br)cc1Nc1cc(N)ccn1. The number of benzene rings is 1. The van der Waals surface area contributed by atoms with Crippen LogP contribution in [-0.4, -0.2) is 4.98 Å². The van der Waals surface area contributed by atoms with Crippen molar-refractivity contribution in [2.24, 2.45) is 0 Å². The monoisotopic (exact) mass is 295 g/mol. The molecule has 0 aliphatic carbocycles. The van der Waals surface area contributed by atoms with Gasteiger partial charge in [-0.1, -0.05) is 0 Å². The van der Waals surface area contributed by atoms with E-state index in [0.29, 0.717) is 16.0 Å². The van der Waals surface area contributed by atoms with Gasteiger partial charge in [-0.2, -0.15) is 0 Å². The van der Waals surface area contributed by atoms with E-state index in [1.807, 2.05) is 6.92 Å². The molecule has 0 saturated carbocycles. The Morgan fingerprint density at radius 3 is 2.82 bits per heavy atom. The van der Waals surface area contributed by atoms with Crippen LogP contribution in [0.25, 0.3) is 0 Å². The molecule has 0 amide bonds. The van der Waals surface area contributed by atoms with E-state index in [1.165, 1.54) is 6.07 Å². The van der Waals surface area contributed by atoms with Gasteiger partial charge in [-0.3, -0.25) is 0 Å². The predicted molar refractivity (Wildman–Crippen MR) is 70.8 cm³/mol. The van der Waals surface area contributed by atoms with E-state index in [2.05, 4.69) is 26.2 Å². The molecule has 0 atom stereocenters. The van der Waals surface area contributed by atoms with Crippen molar-refractivity contribution in [1.82, 2.24) is 4.98 Å². The first-order valence-corrected chi connectivity index (χ1v) is 5.80. The van der Waals surface area contributed by atoms with Crippen LogP contribution in [0, 0.1) is 12.7 Å². The van der Waals surface area contributed by atoms with E-state index in [-0.39, 0.29) is 5.82 Å². The maximum Gasteiger partial charge on any atom is 0.137 e. The number of pyridine rings is 1. The van der Waals surface area contributed by atoms with Gasteiger partial charge in [0.05, 0.1) is 4.47 Å². The number of nitrogen functional groups attached to an aromatic ring is 1. The first-order valence-electron chi connectivity index (χ1n) is 5.00. The van der Waals surface area contributed by atoms with Gasteiger partial charge in [-0.25, -0.2) is 9.37 Å². The molecule has 0 fully saturated rings. The quantitative estimate of drug-likeness (QED) is 0.890. The highest BCUT2D eigenvalue weighted by atomic mass is 79.9. The van der Waals surface area contributed by atoms with Crippen LogP contribution in [-0.2, 0) is 0 Å². The fourth-order valence-electron chi connectivity index (χ4n) is 1.43. The molecular formula is C12H11BrFN3. The Kier molecular flexibility index (Phi) is 3.28. The van der Waals surface area contributed by atoms with Crippen LogP contribution in [0.3, 0.4) is 0 Å². The fraction of sp³-hybridized carbons (Fsp3) is 0.0833. The van der Waals surface area contributed by atoms with Crippen LogP contribution < -0.4 is 11.1 Å². The molecule has 0 aliphatic heterocycles. The van der Waals surface area contributed by atoms with Crippen molar-refractivity contribution in [1.29, 1.82) is 0 Å². The van der Waals surface area contributed by atoms with E-state index < -0.39 is 0 Å². The van der Waals surface area contributed by atoms with Gasteiger partial charge in [-0.15, -0.1) is 0 Å². The van der Waals surface area contributed by atoms with E-state index in [9.17, 15) is 4.39 Å². The van der Waals surface area contributed by atoms with Crippen LogP contribution in [0.15, 0.2) is 34.9 Å². The van der Waals surface area contributed by atoms with E-state index in [1.54, 1.807) is 24.4 Å². The Morgan fingerprint density at radius 2 is 2.12 bits per heavy atom. The summed E-state index contributed by atoms with van der Waals surface area (Å²) in [6.07, 6.45) is 1.62. The zero-order chi connectivity index (χ0) is 12.4. The minimum Gasteiger partial charge on any atom is -0.399 e. The van der Waals surface area contributed by atoms with E-state index >= 15 is 0 Å². The molecular weight excluding hydrogens is 285 g/mol. The molecule has 5 heteroatoms. The van der Waals surface area contributed by atoms with Crippen molar-refractivity contribution in [3.05, 3.63) is 46.3 Å². The second kappa shape index (κ2) is 4.71. The van der Waals surface area contributed by atoms with Gasteiger partial charge in [0.25, 0.3) is 0 Å². The Balaban J connectivity index is 2.33. The molecule has 17 heavy (non-hydrogen) atoms. The largest absolute Gasteiger partial charge is 0.399 e. The minimum atomic E-state index is -0.284. The smallest absolute Gasteiger partial charge is 0.137 e. The lowest BCUT2D eigenvalue weighted by Gasteiger charge is -2.10. The lowest BCUT2D eigenvalue weighted by Crippen LogP contribution is -1.97. The first kappa shape index (κ1) is 11.9. The number of halogens is 2. The maximum absolute atomic E-state index is 13.3. The number of nitrogens with zero attached hydrogens (tertiary/aromatic N) is 1. The third-order valence-corrected chi connectivity index (χ3v) is 2.92. The van der Waals surface area contributed by atoms with Gasteiger partial charge in [0.2, 0.25) is 0 Å². The second-order valence-corrected chi connectivity index (χ2v) is 4.53. The summed E-state index contributed by atoms with van der Waals surface area (Å²) < 4.78 is 13.7. The van der Waals surface area contributed by atoms with Crippen molar-refractivity contribution in [2.45, 2.75) is 6.92 Å². The number of aromatic nitrogens is 1. The molecule has 1 aromatic carbocycles. The first-order chi connectivity index (χ1) is 8.06. The third-order valence-electron chi connectivity index (χ3n) is 2.31. The highest BCUT2D eigenvalue weighted by Crippen LogP contribution is 2.26. The van der Waals surface area contributed by atoms with Gasteiger partial charge in [0.1, 0.15) is 11.6 Å². The number of hydrogen-bond acceptors (Lipinski definition) is 3. The van der Waals surface area contributed by atoms with Crippen molar-refractivity contribution in [3.8, 4) is 0 Å². The number of rotatable bonds is 2. The number of anilines is 3. The highest BCUT2D eigenvalue weighted by Gasteiger charge is 2.06. The van der Waals surface area contributed by atoms with Gasteiger partial charge in [-0.05, 0) is 46.6 Å². The fourth-order valence-corrected chi connectivity index (χ4v) is 1.78. The molecule has 0 saturated heterocycles. The Labute approximate surface area is 107 Å². The van der Waals surface area contributed by atoms with E-state index in [0.717, 1.165) is 11.3 Å². The highest BCUT2D eigenvalue weighted by molar-refractivity contribution is 9.10. The molecule has 0 aliphatic rings. The Morgan fingerprint density at radius 1 is 1.35 bits per heavy atom. The number of hydrogen-bond donors (Lipinski definition) is 2. The van der Waals surface area contributed by atoms with Crippen molar-refractivity contribution >= 4 is 33.1 Å². The predicted octanol–water partition coefficient (Wildman–Crippen LogP) is 3.62. The Bertz CT molecular complexity index is 557. The van der Waals surface area contributed by atoms with Gasteiger partial charge >= 0.3 is 0 Å². The van der Waals surface area contributed by atoms with E-state index in [4.69, 9.17) is 5.73 Å². The average Bonchev–Trinajstić information content (AvgIpc) is 2.26. The zero-order valence-corrected chi connectivity index (χ0v) is 10.8. The summed E-state index contributed by atoms with van der Waals surface area (Å²) in [5.41, 5.74) is 7.87. The van der Waals surface area contributed by atoms with Gasteiger partial charge < -0.3 is 11.1 Å². The van der Waals surface area contributed by atoms with Crippen molar-refractivity contribution in [2.75, 3.05) is 11.1 Å². The number of nitrogens with two attached hydrogens (primary N) is 1. The van der Waals surface area contributed by atoms with Crippen LogP contribution in [0.5, 0.6) is 0 Å². The summed E-state index contributed by atoms with van der Waals surface area (Å²) in [5.74, 6) is 0.347. The van der Waals surface area contributed by atoms with Crippen LogP contribution in [0.1, 0.15) is 5.56 Å². The standard InChI is InChI=1S/C12H11BrFN3/c1-7-4-10(14)9(13)6-11(7)17-12-5-8(15)2-3-16-12/h2-6H,1H3,(H3,15,16,17). The molecule has 88 valence electrons. The molecule has 0 bridgehead atoms. The van der Waals surface area contributed by atoms with Crippen molar-refractivity contribution in [3.63, 3.8) is 0 Å². The van der Waals surface area contributed by atoms with Crippen molar-refractivity contribution < 1.29 is 4.39 Å². The lowest BCUT2D eigenvalue weighted by atomic mass is 10.2. The Hall–Kier alpha value is -1.62. The summed E-state index contributed by atoms with van der Waals surface area (Å²) in [6, 6.07) is 6.56. The summed E-state index contributed by atoms with van der Waals surface area (Å²) in [5, 5.41) is 3.09. The van der Waals surface area contributed by atoms with Crippen LogP contribution in [0.2, 0.25) is 0 Å². The normalized spacial score (nSPS) is 10.3. The molecule has 0 spiro atoms.